The molecule has 1 saturated heterocycles. The summed E-state index contributed by atoms with van der Waals surface area (Å²) in [5.74, 6) is -0.828. The van der Waals surface area contributed by atoms with Crippen molar-refractivity contribution in [2.45, 2.75) is 24.8 Å². The van der Waals surface area contributed by atoms with Crippen molar-refractivity contribution < 1.29 is 17.6 Å². The largest absolute Gasteiger partial charge is 0.422 e. The molecule has 1 aliphatic heterocycles. The van der Waals surface area contributed by atoms with Gasteiger partial charge < -0.3 is 16.0 Å². The maximum Gasteiger partial charge on any atom is 0.422 e. The third-order valence-electron chi connectivity index (χ3n) is 4.46. The van der Waals surface area contributed by atoms with E-state index in [1.807, 2.05) is 4.90 Å². The SMILES string of the molecule is CNc1nc(N)nc(-c2cnn(C3CCN(C)CC3F)c2Cl)c1C(F)(F)F. The van der Waals surface area contributed by atoms with Gasteiger partial charge in [0.05, 0.1) is 23.5 Å². The minimum absolute atomic E-state index is 0.0827. The van der Waals surface area contributed by atoms with Gasteiger partial charge in [0.1, 0.15) is 22.7 Å². The van der Waals surface area contributed by atoms with Crippen LogP contribution in [0.15, 0.2) is 6.20 Å². The molecule has 0 aliphatic carbocycles. The van der Waals surface area contributed by atoms with Crippen LogP contribution in [0.1, 0.15) is 18.0 Å². The molecule has 0 radical (unpaired) electrons. The van der Waals surface area contributed by atoms with E-state index in [2.05, 4.69) is 20.4 Å². The van der Waals surface area contributed by atoms with Gasteiger partial charge in [0, 0.05) is 20.1 Å². The smallest absolute Gasteiger partial charge is 0.372 e. The fourth-order valence-electron chi connectivity index (χ4n) is 3.18. The van der Waals surface area contributed by atoms with Crippen LogP contribution in [0.5, 0.6) is 0 Å². The van der Waals surface area contributed by atoms with Crippen molar-refractivity contribution in [3.63, 3.8) is 0 Å². The monoisotopic (exact) mass is 407 g/mol. The predicted octanol–water partition coefficient (Wildman–Crippen LogP) is 2.85. The Morgan fingerprint density at radius 1 is 1.33 bits per heavy atom. The molecule has 3 heterocycles. The lowest BCUT2D eigenvalue weighted by Gasteiger charge is -2.32. The number of nitrogens with one attached hydrogen (secondary N) is 1. The van der Waals surface area contributed by atoms with Crippen LogP contribution in [0.4, 0.5) is 29.3 Å². The molecule has 0 amide bonds. The summed E-state index contributed by atoms with van der Waals surface area (Å²) in [4.78, 5) is 9.15. The van der Waals surface area contributed by atoms with Crippen molar-refractivity contribution in [2.24, 2.45) is 0 Å². The Hall–Kier alpha value is -2.14. The van der Waals surface area contributed by atoms with Gasteiger partial charge in [-0.2, -0.15) is 23.3 Å². The van der Waals surface area contributed by atoms with Crippen molar-refractivity contribution in [3.8, 4) is 11.3 Å². The number of halogens is 5. The molecular formula is C15H18ClF4N7. The average molecular weight is 408 g/mol. The molecule has 12 heteroatoms. The number of alkyl halides is 4. The number of nitrogens with two attached hydrogens (primary N) is 1. The van der Waals surface area contributed by atoms with E-state index in [0.29, 0.717) is 13.0 Å². The zero-order valence-corrected chi connectivity index (χ0v) is 15.3. The molecule has 148 valence electrons. The van der Waals surface area contributed by atoms with E-state index in [-0.39, 0.29) is 23.2 Å². The maximum absolute atomic E-state index is 14.4. The normalized spacial score (nSPS) is 21.4. The van der Waals surface area contributed by atoms with Crippen LogP contribution in [0.2, 0.25) is 5.15 Å². The minimum atomic E-state index is -4.76. The van der Waals surface area contributed by atoms with Crippen LogP contribution in [0.3, 0.4) is 0 Å². The lowest BCUT2D eigenvalue weighted by Crippen LogP contribution is -2.40. The highest BCUT2D eigenvalue weighted by atomic mass is 35.5. The maximum atomic E-state index is 14.4. The Kier molecular flexibility index (Phi) is 5.17. The van der Waals surface area contributed by atoms with Crippen LogP contribution in [-0.2, 0) is 6.18 Å². The summed E-state index contributed by atoms with van der Waals surface area (Å²) in [6.07, 6.45) is -4.44. The molecule has 1 aliphatic rings. The molecule has 27 heavy (non-hydrogen) atoms. The fourth-order valence-corrected chi connectivity index (χ4v) is 3.49. The number of anilines is 2. The van der Waals surface area contributed by atoms with Gasteiger partial charge in [-0.25, -0.2) is 14.1 Å². The number of likely N-dealkylation sites (tertiary alicyclic amines) is 1. The molecular weight excluding hydrogens is 390 g/mol. The zero-order valence-electron chi connectivity index (χ0n) is 14.6. The fraction of sp³-hybridized carbons (Fsp3) is 0.533. The van der Waals surface area contributed by atoms with E-state index in [9.17, 15) is 17.6 Å². The Balaban J connectivity index is 2.11. The summed E-state index contributed by atoms with van der Waals surface area (Å²) < 4.78 is 56.5. The second-order valence-electron chi connectivity index (χ2n) is 6.33. The van der Waals surface area contributed by atoms with Gasteiger partial charge >= 0.3 is 6.18 Å². The van der Waals surface area contributed by atoms with Gasteiger partial charge in [-0.15, -0.1) is 0 Å². The van der Waals surface area contributed by atoms with Gasteiger partial charge in [0.15, 0.2) is 0 Å². The predicted molar refractivity (Wildman–Crippen MR) is 93.3 cm³/mol. The Labute approximate surface area is 157 Å². The average Bonchev–Trinajstić information content (AvgIpc) is 2.94. The van der Waals surface area contributed by atoms with E-state index in [1.165, 1.54) is 11.7 Å². The molecule has 3 N–H and O–H groups in total. The van der Waals surface area contributed by atoms with Gasteiger partial charge in [0.25, 0.3) is 0 Å². The van der Waals surface area contributed by atoms with E-state index in [0.717, 1.165) is 6.20 Å². The molecule has 7 nitrogen and oxygen atoms in total. The second kappa shape index (κ2) is 7.12. The summed E-state index contributed by atoms with van der Waals surface area (Å²) in [7, 11) is 3.08. The topological polar surface area (TPSA) is 84.9 Å². The van der Waals surface area contributed by atoms with Crippen LogP contribution >= 0.6 is 11.6 Å². The quantitative estimate of drug-likeness (QED) is 0.761. The summed E-state index contributed by atoms with van der Waals surface area (Å²) in [5.41, 5.74) is 3.86. The van der Waals surface area contributed by atoms with E-state index in [1.54, 1.807) is 7.05 Å². The van der Waals surface area contributed by atoms with Gasteiger partial charge in [-0.05, 0) is 13.5 Å². The molecule has 2 unspecified atom stereocenters. The van der Waals surface area contributed by atoms with Gasteiger partial charge in [-0.1, -0.05) is 11.6 Å². The van der Waals surface area contributed by atoms with Crippen molar-refractivity contribution in [3.05, 3.63) is 16.9 Å². The number of nitrogen functional groups attached to an aromatic ring is 1. The number of piperidine rings is 1. The lowest BCUT2D eigenvalue weighted by molar-refractivity contribution is -0.136. The Morgan fingerprint density at radius 3 is 2.63 bits per heavy atom. The number of aromatic nitrogens is 4. The first kappa shape index (κ1) is 19.6. The first-order chi connectivity index (χ1) is 12.6. The molecule has 2 atom stereocenters. The van der Waals surface area contributed by atoms with E-state index < -0.39 is 35.5 Å². The standard InChI is InChI=1S/C15H18ClF4N7/c1-22-13-10(15(18,19)20)11(24-14(21)25-13)7-5-23-27(12(7)16)9-3-4-26(2)6-8(9)17/h5,8-9H,3-4,6H2,1-2H3,(H3,21,22,24,25). The van der Waals surface area contributed by atoms with Crippen molar-refractivity contribution in [2.75, 3.05) is 38.2 Å². The Bertz CT molecular complexity index is 838. The summed E-state index contributed by atoms with van der Waals surface area (Å²) >= 11 is 6.30. The van der Waals surface area contributed by atoms with Gasteiger partial charge in [0.2, 0.25) is 5.95 Å². The third-order valence-corrected chi connectivity index (χ3v) is 4.84. The van der Waals surface area contributed by atoms with Crippen LogP contribution in [-0.4, -0.2) is 58.0 Å². The Morgan fingerprint density at radius 2 is 2.04 bits per heavy atom. The van der Waals surface area contributed by atoms with Crippen LogP contribution in [0, 0.1) is 0 Å². The summed E-state index contributed by atoms with van der Waals surface area (Å²) in [6.45, 7) is 0.809. The zero-order chi connectivity index (χ0) is 19.9. The highest BCUT2D eigenvalue weighted by Gasteiger charge is 2.40. The first-order valence-corrected chi connectivity index (χ1v) is 8.49. The summed E-state index contributed by atoms with van der Waals surface area (Å²) in [5, 5.41) is 6.28. The van der Waals surface area contributed by atoms with Crippen molar-refractivity contribution in [1.82, 2.24) is 24.6 Å². The van der Waals surface area contributed by atoms with Crippen molar-refractivity contribution >= 4 is 23.4 Å². The molecule has 1 fully saturated rings. The van der Waals surface area contributed by atoms with E-state index in [4.69, 9.17) is 17.3 Å². The molecule has 2 aromatic heterocycles. The minimum Gasteiger partial charge on any atom is -0.372 e. The highest BCUT2D eigenvalue weighted by molar-refractivity contribution is 6.32. The lowest BCUT2D eigenvalue weighted by atomic mass is 10.0. The van der Waals surface area contributed by atoms with Gasteiger partial charge in [-0.3, -0.25) is 0 Å². The van der Waals surface area contributed by atoms with Crippen LogP contribution < -0.4 is 11.1 Å². The molecule has 0 spiro atoms. The number of hydrogen-bond donors (Lipinski definition) is 2. The molecule has 0 saturated carbocycles. The number of rotatable bonds is 3. The number of nitrogens with zero attached hydrogens (tertiary/aromatic N) is 5. The molecule has 0 bridgehead atoms. The van der Waals surface area contributed by atoms with E-state index >= 15 is 0 Å². The van der Waals surface area contributed by atoms with Crippen molar-refractivity contribution in [1.29, 1.82) is 0 Å². The number of hydrogen-bond acceptors (Lipinski definition) is 6. The van der Waals surface area contributed by atoms with Crippen LogP contribution in [0.25, 0.3) is 11.3 Å². The third kappa shape index (κ3) is 3.65. The molecule has 0 aromatic carbocycles. The molecule has 3 rings (SSSR count). The first-order valence-electron chi connectivity index (χ1n) is 8.12. The highest BCUT2D eigenvalue weighted by Crippen LogP contribution is 2.43. The summed E-state index contributed by atoms with van der Waals surface area (Å²) in [6, 6.07) is -0.667. The molecule has 2 aromatic rings. The second-order valence-corrected chi connectivity index (χ2v) is 6.69.